The molecule has 1 aliphatic rings. The number of aliphatic hydroxyl groups excluding tert-OH is 1. The maximum atomic E-state index is 10.5. The summed E-state index contributed by atoms with van der Waals surface area (Å²) in [6, 6.07) is 17.0. The summed E-state index contributed by atoms with van der Waals surface area (Å²) in [4.78, 5) is 2.32. The van der Waals surface area contributed by atoms with E-state index < -0.39 is 6.10 Å². The van der Waals surface area contributed by atoms with Crippen molar-refractivity contribution in [2.24, 2.45) is 0 Å². The molecule has 1 N–H and O–H groups in total. The van der Waals surface area contributed by atoms with Crippen LogP contribution >= 0.6 is 0 Å². The quantitative estimate of drug-likeness (QED) is 0.918. The van der Waals surface area contributed by atoms with Crippen molar-refractivity contribution in [3.8, 4) is 0 Å². The first-order valence-corrected chi connectivity index (χ1v) is 7.18. The molecule has 0 unspecified atom stereocenters. The number of rotatable bonds is 3. The van der Waals surface area contributed by atoms with Crippen LogP contribution in [0, 0.1) is 6.92 Å². The number of hydrogen-bond acceptors (Lipinski definition) is 2. The van der Waals surface area contributed by atoms with Crippen molar-refractivity contribution in [1.29, 1.82) is 0 Å². The molecule has 1 heterocycles. The van der Waals surface area contributed by atoms with Gasteiger partial charge >= 0.3 is 0 Å². The van der Waals surface area contributed by atoms with Crippen molar-refractivity contribution in [2.45, 2.75) is 32.0 Å². The van der Waals surface area contributed by atoms with Crippen LogP contribution < -0.4 is 0 Å². The second kappa shape index (κ2) is 5.39. The minimum Gasteiger partial charge on any atom is -0.388 e. The summed E-state index contributed by atoms with van der Waals surface area (Å²) >= 11 is 0. The molecule has 3 rings (SSSR count). The zero-order chi connectivity index (χ0) is 14.1. The van der Waals surface area contributed by atoms with Gasteiger partial charge in [-0.1, -0.05) is 54.1 Å². The van der Waals surface area contributed by atoms with E-state index in [0.717, 1.165) is 18.5 Å². The highest BCUT2D eigenvalue weighted by molar-refractivity contribution is 5.34. The van der Waals surface area contributed by atoms with Crippen LogP contribution in [0.1, 0.15) is 40.8 Å². The Morgan fingerprint density at radius 2 is 1.85 bits per heavy atom. The van der Waals surface area contributed by atoms with Gasteiger partial charge in [-0.15, -0.1) is 0 Å². The Labute approximate surface area is 120 Å². The Morgan fingerprint density at radius 1 is 1.15 bits per heavy atom. The summed E-state index contributed by atoms with van der Waals surface area (Å²) in [5.41, 5.74) is 4.98. The molecule has 0 radical (unpaired) electrons. The summed E-state index contributed by atoms with van der Waals surface area (Å²) in [5.74, 6) is 0. The highest BCUT2D eigenvalue weighted by atomic mass is 16.3. The lowest BCUT2D eigenvalue weighted by atomic mass is 9.96. The normalized spacial score (nSPS) is 19.9. The molecule has 0 aromatic heterocycles. The van der Waals surface area contributed by atoms with Crippen LogP contribution in [-0.4, -0.2) is 17.1 Å². The SMILES string of the molecule is Cc1ccc([C@H](O)C[C@H]2c3ccccc3CN2C)cc1. The first-order valence-electron chi connectivity index (χ1n) is 7.18. The molecule has 2 heteroatoms. The molecule has 1 aliphatic heterocycles. The third-order valence-corrected chi connectivity index (χ3v) is 4.27. The van der Waals surface area contributed by atoms with E-state index in [4.69, 9.17) is 0 Å². The Balaban J connectivity index is 1.79. The van der Waals surface area contributed by atoms with Gasteiger partial charge in [0.2, 0.25) is 0 Å². The molecular weight excluding hydrogens is 246 g/mol. The Hall–Kier alpha value is -1.64. The van der Waals surface area contributed by atoms with Gasteiger partial charge in [-0.05, 0) is 37.1 Å². The summed E-state index contributed by atoms with van der Waals surface area (Å²) in [6.45, 7) is 3.04. The van der Waals surface area contributed by atoms with Gasteiger partial charge in [0.1, 0.15) is 0 Å². The lowest BCUT2D eigenvalue weighted by molar-refractivity contribution is 0.120. The third kappa shape index (κ3) is 2.49. The Morgan fingerprint density at radius 3 is 2.60 bits per heavy atom. The second-order valence-corrected chi connectivity index (χ2v) is 5.79. The molecule has 2 aromatic rings. The molecule has 0 aliphatic carbocycles. The highest BCUT2D eigenvalue weighted by Gasteiger charge is 2.29. The standard InChI is InChI=1S/C18H21NO/c1-13-7-9-14(10-8-13)18(20)11-17-16-6-4-3-5-15(16)12-19(17)2/h3-10,17-18,20H,11-12H2,1-2H3/t17-,18+/m0/s1. The summed E-state index contributed by atoms with van der Waals surface area (Å²) in [5, 5.41) is 10.5. The monoisotopic (exact) mass is 267 g/mol. The van der Waals surface area contributed by atoms with E-state index in [1.54, 1.807) is 0 Å². The molecule has 0 amide bonds. The summed E-state index contributed by atoms with van der Waals surface area (Å²) in [7, 11) is 2.13. The van der Waals surface area contributed by atoms with E-state index in [1.165, 1.54) is 16.7 Å². The number of aryl methyl sites for hydroxylation is 1. The number of nitrogens with zero attached hydrogens (tertiary/aromatic N) is 1. The number of hydrogen-bond donors (Lipinski definition) is 1. The first-order chi connectivity index (χ1) is 9.65. The van der Waals surface area contributed by atoms with E-state index >= 15 is 0 Å². The van der Waals surface area contributed by atoms with Gasteiger partial charge in [-0.25, -0.2) is 0 Å². The van der Waals surface area contributed by atoms with E-state index in [2.05, 4.69) is 55.3 Å². The third-order valence-electron chi connectivity index (χ3n) is 4.27. The predicted molar refractivity (Wildman–Crippen MR) is 81.4 cm³/mol. The van der Waals surface area contributed by atoms with Gasteiger partial charge < -0.3 is 5.11 Å². The fraction of sp³-hybridized carbons (Fsp3) is 0.333. The molecule has 2 aromatic carbocycles. The van der Waals surface area contributed by atoms with Gasteiger partial charge in [0.25, 0.3) is 0 Å². The molecule has 0 spiro atoms. The van der Waals surface area contributed by atoms with Crippen molar-refractivity contribution in [3.63, 3.8) is 0 Å². The van der Waals surface area contributed by atoms with Crippen LogP contribution in [0.5, 0.6) is 0 Å². The molecule has 2 nitrogen and oxygen atoms in total. The summed E-state index contributed by atoms with van der Waals surface area (Å²) in [6.07, 6.45) is 0.338. The second-order valence-electron chi connectivity index (χ2n) is 5.79. The number of fused-ring (bicyclic) bond motifs is 1. The number of aliphatic hydroxyl groups is 1. The average molecular weight is 267 g/mol. The van der Waals surface area contributed by atoms with Crippen molar-refractivity contribution in [1.82, 2.24) is 4.90 Å². The van der Waals surface area contributed by atoms with E-state index in [0.29, 0.717) is 6.04 Å². The van der Waals surface area contributed by atoms with Gasteiger partial charge in [0, 0.05) is 12.6 Å². The van der Waals surface area contributed by atoms with Gasteiger partial charge in [-0.2, -0.15) is 0 Å². The molecule has 0 bridgehead atoms. The van der Waals surface area contributed by atoms with Crippen molar-refractivity contribution < 1.29 is 5.11 Å². The average Bonchev–Trinajstić information content (AvgIpc) is 2.76. The molecule has 0 saturated heterocycles. The van der Waals surface area contributed by atoms with Crippen LogP contribution in [0.25, 0.3) is 0 Å². The molecule has 0 fully saturated rings. The van der Waals surface area contributed by atoms with E-state index in [1.807, 2.05) is 12.1 Å². The van der Waals surface area contributed by atoms with Crippen molar-refractivity contribution in [2.75, 3.05) is 7.05 Å². The van der Waals surface area contributed by atoms with E-state index in [-0.39, 0.29) is 0 Å². The predicted octanol–water partition coefficient (Wildman–Crippen LogP) is 3.61. The van der Waals surface area contributed by atoms with Gasteiger partial charge in [0.05, 0.1) is 6.10 Å². The molecule has 20 heavy (non-hydrogen) atoms. The van der Waals surface area contributed by atoms with Crippen LogP contribution in [0.3, 0.4) is 0 Å². The molecule has 104 valence electrons. The lowest BCUT2D eigenvalue weighted by Gasteiger charge is -2.23. The largest absolute Gasteiger partial charge is 0.388 e. The Kier molecular flexibility index (Phi) is 3.60. The van der Waals surface area contributed by atoms with Crippen LogP contribution in [0.15, 0.2) is 48.5 Å². The van der Waals surface area contributed by atoms with E-state index in [9.17, 15) is 5.11 Å². The minimum atomic E-state index is -0.408. The zero-order valence-electron chi connectivity index (χ0n) is 12.1. The fourth-order valence-electron chi connectivity index (χ4n) is 3.06. The maximum absolute atomic E-state index is 10.5. The minimum absolute atomic E-state index is 0.308. The molecule has 2 atom stereocenters. The maximum Gasteiger partial charge on any atom is 0.0808 e. The smallest absolute Gasteiger partial charge is 0.0808 e. The lowest BCUT2D eigenvalue weighted by Crippen LogP contribution is -2.19. The fourth-order valence-corrected chi connectivity index (χ4v) is 3.06. The Bertz CT molecular complexity index is 591. The topological polar surface area (TPSA) is 23.5 Å². The van der Waals surface area contributed by atoms with Gasteiger partial charge in [-0.3, -0.25) is 4.90 Å². The molecular formula is C18H21NO. The van der Waals surface area contributed by atoms with Crippen LogP contribution in [0.4, 0.5) is 0 Å². The summed E-state index contributed by atoms with van der Waals surface area (Å²) < 4.78 is 0. The highest BCUT2D eigenvalue weighted by Crippen LogP contribution is 2.38. The van der Waals surface area contributed by atoms with Crippen molar-refractivity contribution >= 4 is 0 Å². The molecule has 0 saturated carbocycles. The number of benzene rings is 2. The van der Waals surface area contributed by atoms with Crippen LogP contribution in [-0.2, 0) is 6.54 Å². The van der Waals surface area contributed by atoms with Crippen LogP contribution in [0.2, 0.25) is 0 Å². The van der Waals surface area contributed by atoms with Gasteiger partial charge in [0.15, 0.2) is 0 Å². The van der Waals surface area contributed by atoms with Crippen molar-refractivity contribution in [3.05, 3.63) is 70.8 Å². The first kappa shape index (κ1) is 13.3. The zero-order valence-corrected chi connectivity index (χ0v) is 12.1.